The molecule has 0 bridgehead atoms. The lowest BCUT2D eigenvalue weighted by molar-refractivity contribution is -0.0170. The largest absolute Gasteiger partial charge is 0.743 e. The van der Waals surface area contributed by atoms with Gasteiger partial charge < -0.3 is 18.8 Å². The van der Waals surface area contributed by atoms with E-state index in [1.54, 1.807) is 28.7 Å². The van der Waals surface area contributed by atoms with E-state index in [0.717, 1.165) is 0 Å². The minimum absolute atomic E-state index is 0.0634. The van der Waals surface area contributed by atoms with Gasteiger partial charge in [0, 0.05) is 13.6 Å². The highest BCUT2D eigenvalue weighted by Gasteiger charge is 2.47. The summed E-state index contributed by atoms with van der Waals surface area (Å²) in [7, 11) is -4.89. The van der Waals surface area contributed by atoms with Crippen LogP contribution in [-0.4, -0.2) is 50.1 Å². The van der Waals surface area contributed by atoms with Crippen molar-refractivity contribution < 1.29 is 49.9 Å². The minimum atomic E-state index is -6.26. The Morgan fingerprint density at radius 2 is 1.78 bits per heavy atom. The van der Waals surface area contributed by atoms with Crippen molar-refractivity contribution in [2.45, 2.75) is 17.8 Å². The van der Waals surface area contributed by atoms with Crippen molar-refractivity contribution in [3.63, 3.8) is 0 Å². The summed E-state index contributed by atoms with van der Waals surface area (Å²) in [4.78, 5) is 25.7. The van der Waals surface area contributed by atoms with E-state index in [-0.39, 0.29) is 26.2 Å². The van der Waals surface area contributed by atoms with Gasteiger partial charge in [0.15, 0.2) is 16.3 Å². The van der Waals surface area contributed by atoms with Crippen LogP contribution in [0.1, 0.15) is 32.7 Å². The molecule has 0 saturated carbocycles. The van der Waals surface area contributed by atoms with Gasteiger partial charge in [0.05, 0.1) is 17.3 Å². The number of esters is 2. The Bertz CT molecular complexity index is 1300. The first kappa shape index (κ1) is 31.0. The Morgan fingerprint density at radius 3 is 2.33 bits per heavy atom. The predicted molar refractivity (Wildman–Crippen MR) is 147 cm³/mol. The second-order valence-electron chi connectivity index (χ2n) is 6.85. The molecule has 0 fully saturated rings. The van der Waals surface area contributed by atoms with Crippen LogP contribution < -0.4 is 9.47 Å². The van der Waals surface area contributed by atoms with E-state index < -0.39 is 46.5 Å². The van der Waals surface area contributed by atoms with E-state index in [9.17, 15) is 35.7 Å². The predicted octanol–water partition coefficient (Wildman–Crippen LogP) is 5.39. The van der Waals surface area contributed by atoms with Crippen LogP contribution in [-0.2, 0) is 14.9 Å². The summed E-state index contributed by atoms with van der Waals surface area (Å²) >= 11 is 5.71. The Hall–Kier alpha value is -1.19. The molecule has 1 atom stereocenters. The Kier molecular flexibility index (Phi) is 10.8. The van der Waals surface area contributed by atoms with E-state index in [0.29, 0.717) is 12.7 Å². The molecule has 0 aliphatic rings. The number of methoxy groups -OCH3 is 1. The topological polar surface area (TPSA) is 119 Å². The van der Waals surface area contributed by atoms with Crippen molar-refractivity contribution >= 4 is 95.9 Å². The monoisotopic (exact) mass is 865 g/mol. The highest BCUT2D eigenvalue weighted by molar-refractivity contribution is 14.1. The molecular weight excluding hydrogens is 850 g/mol. The number of carbonyl (C=O) groups excluding carboxylic acids is 2. The third-order valence-electron chi connectivity index (χ3n) is 4.45. The third kappa shape index (κ3) is 7.22. The van der Waals surface area contributed by atoms with Gasteiger partial charge >= 0.3 is 17.2 Å². The molecule has 8 nitrogen and oxygen atoms in total. The van der Waals surface area contributed by atoms with E-state index >= 15 is 0 Å². The maximum Gasteiger partial charge on any atom is 0.364 e. The van der Waals surface area contributed by atoms with Crippen LogP contribution in [0.15, 0.2) is 30.8 Å². The zero-order valence-corrected chi connectivity index (χ0v) is 25.3. The number of rotatable bonds is 10. The molecule has 2 aromatic rings. The van der Waals surface area contributed by atoms with Gasteiger partial charge in [-0.05, 0) is 97.6 Å². The van der Waals surface area contributed by atoms with Crippen molar-refractivity contribution in [1.29, 1.82) is 0 Å². The molecule has 15 heteroatoms. The number of benzene rings is 2. The second-order valence-corrected chi connectivity index (χ2v) is 11.9. The maximum atomic E-state index is 13.7. The fourth-order valence-electron chi connectivity index (χ4n) is 2.72. The first-order valence-electron chi connectivity index (χ1n) is 9.49. The molecule has 0 radical (unpaired) electrons. The lowest BCUT2D eigenvalue weighted by atomic mass is 10.1. The molecule has 2 aromatic carbocycles. The van der Waals surface area contributed by atoms with Crippen LogP contribution >= 0.6 is 67.8 Å². The minimum Gasteiger partial charge on any atom is -0.743 e. The lowest BCUT2D eigenvalue weighted by Crippen LogP contribution is -2.39. The number of alkyl halides is 3. The first-order chi connectivity index (χ1) is 16.6. The molecule has 1 unspecified atom stereocenters. The quantitative estimate of drug-likeness (QED) is 0.135. The summed E-state index contributed by atoms with van der Waals surface area (Å²) in [5.41, 5.74) is 0.257. The van der Waals surface area contributed by atoms with Crippen LogP contribution in [0, 0.1) is 10.7 Å². The summed E-state index contributed by atoms with van der Waals surface area (Å²) in [5, 5.41) is -5.19. The summed E-state index contributed by atoms with van der Waals surface area (Å²) in [6.07, 6.45) is -3.25. The molecule has 196 valence electrons. The van der Waals surface area contributed by atoms with E-state index in [1.165, 1.54) is 31.4 Å². The highest BCUT2D eigenvalue weighted by atomic mass is 127. The van der Waals surface area contributed by atoms with Crippen LogP contribution in [0.3, 0.4) is 0 Å². The number of ether oxygens (including phenoxy) is 3. The number of carbonyl (C=O) groups is 2. The summed E-state index contributed by atoms with van der Waals surface area (Å²) < 4.78 is 89.1. The molecule has 0 aromatic heterocycles. The molecule has 0 N–H and O–H groups in total. The number of hydrogen-bond acceptors (Lipinski definition) is 8. The molecule has 0 heterocycles. The lowest BCUT2D eigenvalue weighted by Gasteiger charge is -2.23. The molecule has 0 aliphatic carbocycles. The smallest absolute Gasteiger partial charge is 0.364 e. The molecule has 0 amide bonds. The van der Waals surface area contributed by atoms with Gasteiger partial charge in [-0.1, -0.05) is 12.7 Å². The van der Waals surface area contributed by atoms with Gasteiger partial charge in [-0.3, -0.25) is 0 Å². The van der Waals surface area contributed by atoms with Gasteiger partial charge in [-0.2, -0.15) is 8.78 Å². The van der Waals surface area contributed by atoms with Gasteiger partial charge in [-0.15, -0.1) is 0 Å². The first-order valence-corrected chi connectivity index (χ1v) is 14.1. The average molecular weight is 865 g/mol. The second kappa shape index (κ2) is 12.6. The normalized spacial score (nSPS) is 12.6. The van der Waals surface area contributed by atoms with Crippen molar-refractivity contribution in [3.8, 4) is 11.5 Å². The number of halogens is 6. The summed E-state index contributed by atoms with van der Waals surface area (Å²) in [5.74, 6) is -2.06. The van der Waals surface area contributed by atoms with Crippen molar-refractivity contribution in [2.75, 3.05) is 13.7 Å². The molecule has 2 rings (SSSR count). The average Bonchev–Trinajstić information content (AvgIpc) is 2.77. The molecule has 0 saturated heterocycles. The summed E-state index contributed by atoms with van der Waals surface area (Å²) in [6, 6.07) is 6.08. The van der Waals surface area contributed by atoms with Gasteiger partial charge in [-0.25, -0.2) is 22.4 Å². The third-order valence-corrected chi connectivity index (χ3v) is 7.65. The Balaban J connectivity index is 2.34. The zero-order valence-electron chi connectivity index (χ0n) is 18.0. The Morgan fingerprint density at radius 1 is 1.14 bits per heavy atom. The van der Waals surface area contributed by atoms with E-state index in [1.807, 2.05) is 45.2 Å². The summed E-state index contributed by atoms with van der Waals surface area (Å²) in [6.45, 7) is 2.63. The number of hydrogen-bond donors (Lipinski definition) is 0. The fourth-order valence-corrected chi connectivity index (χ4v) is 6.07. The SMILES string of the molecule is C=Cc1cc(I)c(C(=O)OCCC(F)C(F)(F)S(=O)(=O)[O-])c(OC(=O)c2cc(I)cc(I)c2OC)c1. The van der Waals surface area contributed by atoms with Crippen LogP contribution in [0.2, 0.25) is 0 Å². The van der Waals surface area contributed by atoms with Gasteiger partial charge in [0.1, 0.15) is 22.6 Å². The zero-order chi connectivity index (χ0) is 27.4. The van der Waals surface area contributed by atoms with Crippen molar-refractivity contribution in [1.82, 2.24) is 0 Å². The Labute approximate surface area is 245 Å². The molecular formula is C21H15F3I3O8S-. The van der Waals surface area contributed by atoms with E-state index in [4.69, 9.17) is 14.2 Å². The molecule has 36 heavy (non-hydrogen) atoms. The van der Waals surface area contributed by atoms with Gasteiger partial charge in [0.2, 0.25) is 0 Å². The van der Waals surface area contributed by atoms with Crippen LogP contribution in [0.25, 0.3) is 6.08 Å². The van der Waals surface area contributed by atoms with Gasteiger partial charge in [0.25, 0.3) is 0 Å². The standard InChI is InChI=1S/C21H16F3I3O8S/c1-3-10-6-13(26)17(20(29)34-5-4-16(22)21(23,24)36(30,31)32)15(7-10)35-19(28)12-8-11(25)9-14(27)18(12)33-2/h3,6-9,16H,1,4-5H2,2H3,(H,30,31,32)/p-1. The highest BCUT2D eigenvalue weighted by Crippen LogP contribution is 2.33. The van der Waals surface area contributed by atoms with E-state index in [2.05, 4.69) is 6.58 Å². The van der Waals surface area contributed by atoms with Crippen molar-refractivity contribution in [2.24, 2.45) is 0 Å². The molecule has 0 aliphatic heterocycles. The molecule has 0 spiro atoms. The maximum absolute atomic E-state index is 13.7. The van der Waals surface area contributed by atoms with Crippen LogP contribution in [0.5, 0.6) is 11.5 Å². The van der Waals surface area contributed by atoms with Crippen LogP contribution in [0.4, 0.5) is 13.2 Å². The fraction of sp³-hybridized carbons (Fsp3) is 0.238. The van der Waals surface area contributed by atoms with Crippen molar-refractivity contribution in [3.05, 3.63) is 58.2 Å².